The van der Waals surface area contributed by atoms with Gasteiger partial charge in [0.25, 0.3) is 0 Å². The van der Waals surface area contributed by atoms with Crippen molar-refractivity contribution in [2.24, 2.45) is 5.92 Å². The van der Waals surface area contributed by atoms with Crippen LogP contribution in [-0.4, -0.2) is 22.8 Å². The van der Waals surface area contributed by atoms with Crippen molar-refractivity contribution in [1.29, 1.82) is 0 Å². The highest BCUT2D eigenvalue weighted by Crippen LogP contribution is 2.17. The fourth-order valence-electron chi connectivity index (χ4n) is 1.68. The largest absolute Gasteiger partial charge is 0.481 e. The van der Waals surface area contributed by atoms with Crippen molar-refractivity contribution in [3.63, 3.8) is 0 Å². The molecule has 0 saturated carbocycles. The fraction of sp³-hybridized carbons (Fsp3) is 0.462. The molecule has 0 amide bonds. The summed E-state index contributed by atoms with van der Waals surface area (Å²) in [4.78, 5) is 10.8. The number of benzene rings is 1. The van der Waals surface area contributed by atoms with E-state index in [1.165, 1.54) is 5.56 Å². The molecular weight excluding hydrogens is 204 g/mol. The molecule has 16 heavy (non-hydrogen) atoms. The number of carbonyl (C=O) groups is 1. The summed E-state index contributed by atoms with van der Waals surface area (Å²) >= 11 is 0. The quantitative estimate of drug-likeness (QED) is 0.801. The van der Waals surface area contributed by atoms with Gasteiger partial charge >= 0.3 is 5.97 Å². The molecule has 1 atom stereocenters. The van der Waals surface area contributed by atoms with E-state index in [0.29, 0.717) is 11.5 Å². The second kappa shape index (κ2) is 5.66. The Balaban J connectivity index is 2.81. The first-order valence-corrected chi connectivity index (χ1v) is 5.47. The molecule has 0 aliphatic carbocycles. The second-order valence-corrected chi connectivity index (χ2v) is 4.41. The Kier molecular flexibility index (Phi) is 4.50. The molecule has 0 spiro atoms. The topological polar surface area (TPSA) is 57.5 Å². The van der Waals surface area contributed by atoms with Crippen LogP contribution < -0.4 is 0 Å². The third kappa shape index (κ3) is 3.35. The Bertz CT molecular complexity index is 341. The van der Waals surface area contributed by atoms with Crippen LogP contribution in [0.3, 0.4) is 0 Å². The highest BCUT2D eigenvalue weighted by molar-refractivity contribution is 5.76. The summed E-state index contributed by atoms with van der Waals surface area (Å²) in [5, 5.41) is 17.9. The third-order valence-electron chi connectivity index (χ3n) is 2.51. The first-order valence-electron chi connectivity index (χ1n) is 5.47. The van der Waals surface area contributed by atoms with Gasteiger partial charge in [-0.1, -0.05) is 38.1 Å². The number of aliphatic hydroxyl groups excluding tert-OH is 1. The van der Waals surface area contributed by atoms with Gasteiger partial charge in [-0.2, -0.15) is 0 Å². The van der Waals surface area contributed by atoms with E-state index < -0.39 is 11.9 Å². The van der Waals surface area contributed by atoms with E-state index >= 15 is 0 Å². The molecule has 1 rings (SSSR count). The van der Waals surface area contributed by atoms with Crippen LogP contribution in [0.4, 0.5) is 0 Å². The van der Waals surface area contributed by atoms with E-state index in [1.807, 2.05) is 12.1 Å². The van der Waals surface area contributed by atoms with E-state index in [1.54, 1.807) is 12.1 Å². The maximum Gasteiger partial charge on any atom is 0.313 e. The molecule has 0 heterocycles. The summed E-state index contributed by atoms with van der Waals surface area (Å²) in [5.41, 5.74) is 1.85. The van der Waals surface area contributed by atoms with E-state index in [-0.39, 0.29) is 6.61 Å². The van der Waals surface area contributed by atoms with Gasteiger partial charge in [0.15, 0.2) is 0 Å². The zero-order chi connectivity index (χ0) is 12.1. The van der Waals surface area contributed by atoms with Crippen LogP contribution in [0.15, 0.2) is 24.3 Å². The lowest BCUT2D eigenvalue weighted by molar-refractivity contribution is -0.139. The standard InChI is InChI=1S/C13H18O3/c1-9(2)7-10-3-5-11(6-4-10)12(8-14)13(15)16/h3-6,9,12,14H,7-8H2,1-2H3,(H,15,16). The van der Waals surface area contributed by atoms with Crippen molar-refractivity contribution >= 4 is 5.97 Å². The van der Waals surface area contributed by atoms with Crippen LogP contribution in [0.1, 0.15) is 30.9 Å². The molecule has 0 aromatic heterocycles. The Morgan fingerprint density at radius 3 is 2.19 bits per heavy atom. The van der Waals surface area contributed by atoms with Gasteiger partial charge in [0.2, 0.25) is 0 Å². The molecule has 0 aliphatic rings. The normalized spacial score (nSPS) is 12.8. The number of hydrogen-bond donors (Lipinski definition) is 2. The van der Waals surface area contributed by atoms with Crippen molar-refractivity contribution in [2.45, 2.75) is 26.2 Å². The summed E-state index contributed by atoms with van der Waals surface area (Å²) in [5.74, 6) is -1.22. The molecule has 1 aromatic carbocycles. The molecule has 0 radical (unpaired) electrons. The monoisotopic (exact) mass is 222 g/mol. The molecule has 0 bridgehead atoms. The molecule has 0 aliphatic heterocycles. The predicted molar refractivity (Wildman–Crippen MR) is 62.4 cm³/mol. The average molecular weight is 222 g/mol. The lowest BCUT2D eigenvalue weighted by Crippen LogP contribution is -2.15. The fourth-order valence-corrected chi connectivity index (χ4v) is 1.68. The van der Waals surface area contributed by atoms with E-state index in [9.17, 15) is 4.79 Å². The van der Waals surface area contributed by atoms with Crippen LogP contribution in [0, 0.1) is 5.92 Å². The van der Waals surface area contributed by atoms with E-state index in [2.05, 4.69) is 13.8 Å². The van der Waals surface area contributed by atoms with Gasteiger partial charge in [0.05, 0.1) is 6.61 Å². The van der Waals surface area contributed by atoms with E-state index in [0.717, 1.165) is 6.42 Å². The van der Waals surface area contributed by atoms with Gasteiger partial charge in [-0.05, 0) is 23.5 Å². The third-order valence-corrected chi connectivity index (χ3v) is 2.51. The SMILES string of the molecule is CC(C)Cc1ccc(C(CO)C(=O)O)cc1. The van der Waals surface area contributed by atoms with Gasteiger partial charge in [0.1, 0.15) is 5.92 Å². The molecule has 1 unspecified atom stereocenters. The van der Waals surface area contributed by atoms with E-state index in [4.69, 9.17) is 10.2 Å². The van der Waals surface area contributed by atoms with Gasteiger partial charge in [-0.25, -0.2) is 0 Å². The molecule has 88 valence electrons. The minimum Gasteiger partial charge on any atom is -0.481 e. The molecule has 3 heteroatoms. The number of carboxylic acid groups (broad SMARTS) is 1. The van der Waals surface area contributed by atoms with Crippen molar-refractivity contribution in [2.75, 3.05) is 6.61 Å². The lowest BCUT2D eigenvalue weighted by Gasteiger charge is -2.11. The zero-order valence-electron chi connectivity index (χ0n) is 9.68. The van der Waals surface area contributed by atoms with Crippen molar-refractivity contribution in [3.05, 3.63) is 35.4 Å². The Hall–Kier alpha value is -1.35. The average Bonchev–Trinajstić information content (AvgIpc) is 2.20. The molecule has 1 aromatic rings. The number of hydrogen-bond acceptors (Lipinski definition) is 2. The Labute approximate surface area is 95.7 Å². The second-order valence-electron chi connectivity index (χ2n) is 4.41. The first-order chi connectivity index (χ1) is 7.54. The van der Waals surface area contributed by atoms with Gasteiger partial charge < -0.3 is 10.2 Å². The summed E-state index contributed by atoms with van der Waals surface area (Å²) in [6, 6.07) is 7.43. The van der Waals surface area contributed by atoms with Gasteiger partial charge in [-0.15, -0.1) is 0 Å². The van der Waals surface area contributed by atoms with Crippen LogP contribution in [-0.2, 0) is 11.2 Å². The minimum atomic E-state index is -0.987. The van der Waals surface area contributed by atoms with Crippen LogP contribution in [0.2, 0.25) is 0 Å². The first kappa shape index (κ1) is 12.7. The zero-order valence-corrected chi connectivity index (χ0v) is 9.68. The maximum atomic E-state index is 10.8. The highest BCUT2D eigenvalue weighted by atomic mass is 16.4. The van der Waals surface area contributed by atoms with Crippen molar-refractivity contribution < 1.29 is 15.0 Å². The lowest BCUT2D eigenvalue weighted by atomic mass is 9.96. The Morgan fingerprint density at radius 1 is 1.25 bits per heavy atom. The minimum absolute atomic E-state index is 0.362. The summed E-state index contributed by atoms with van der Waals surface area (Å²) < 4.78 is 0. The number of carboxylic acids is 1. The summed E-state index contributed by atoms with van der Waals surface area (Å²) in [6.07, 6.45) is 0.983. The van der Waals surface area contributed by atoms with Gasteiger partial charge in [0, 0.05) is 0 Å². The Morgan fingerprint density at radius 2 is 1.81 bits per heavy atom. The number of aliphatic carboxylic acids is 1. The summed E-state index contributed by atoms with van der Waals surface area (Å²) in [6.45, 7) is 3.92. The maximum absolute atomic E-state index is 10.8. The number of rotatable bonds is 5. The highest BCUT2D eigenvalue weighted by Gasteiger charge is 2.18. The molecule has 2 N–H and O–H groups in total. The molecule has 0 saturated heterocycles. The summed E-state index contributed by atoms with van der Waals surface area (Å²) in [7, 11) is 0. The van der Waals surface area contributed by atoms with Crippen molar-refractivity contribution in [1.82, 2.24) is 0 Å². The number of aliphatic hydroxyl groups is 1. The van der Waals surface area contributed by atoms with Crippen LogP contribution >= 0.6 is 0 Å². The smallest absolute Gasteiger partial charge is 0.313 e. The molecule has 3 nitrogen and oxygen atoms in total. The van der Waals surface area contributed by atoms with Crippen LogP contribution in [0.5, 0.6) is 0 Å². The predicted octanol–water partition coefficient (Wildman–Crippen LogP) is 2.05. The molecular formula is C13H18O3. The van der Waals surface area contributed by atoms with Crippen LogP contribution in [0.25, 0.3) is 0 Å². The molecule has 0 fully saturated rings. The van der Waals surface area contributed by atoms with Gasteiger partial charge in [-0.3, -0.25) is 4.79 Å². The van der Waals surface area contributed by atoms with Crippen molar-refractivity contribution in [3.8, 4) is 0 Å².